The second kappa shape index (κ2) is 6.21. The van der Waals surface area contributed by atoms with Crippen LogP contribution in [0.25, 0.3) is 0 Å². The molecular formula is C20H19FN2O3. The van der Waals surface area contributed by atoms with Crippen molar-refractivity contribution < 1.29 is 19.2 Å². The number of rotatable bonds is 2. The Balaban J connectivity index is 1.60. The molecule has 4 rings (SSSR count). The first-order valence-electron chi connectivity index (χ1n) is 8.66. The molecule has 5 nitrogen and oxygen atoms in total. The molecule has 0 radical (unpaired) electrons. The Morgan fingerprint density at radius 3 is 2.77 bits per heavy atom. The van der Waals surface area contributed by atoms with Gasteiger partial charge in [0, 0.05) is 17.8 Å². The summed E-state index contributed by atoms with van der Waals surface area (Å²) in [6.07, 6.45) is 2.76. The molecule has 2 aromatic rings. The van der Waals surface area contributed by atoms with Crippen LogP contribution in [0.15, 0.2) is 42.5 Å². The van der Waals surface area contributed by atoms with E-state index in [0.29, 0.717) is 37.1 Å². The second-order valence-electron chi connectivity index (χ2n) is 7.07. The zero-order valence-electron chi connectivity index (χ0n) is 14.2. The number of carbonyl (C=O) groups is 2. The van der Waals surface area contributed by atoms with Gasteiger partial charge in [-0.05, 0) is 67.1 Å². The van der Waals surface area contributed by atoms with Gasteiger partial charge in [-0.2, -0.15) is 0 Å². The summed E-state index contributed by atoms with van der Waals surface area (Å²) < 4.78 is 13.5. The maximum Gasteiger partial charge on any atom is 0.274 e. The number of fused-ring (bicyclic) bond motifs is 1. The van der Waals surface area contributed by atoms with Gasteiger partial charge >= 0.3 is 0 Å². The molecule has 6 heteroatoms. The number of halogens is 1. The highest BCUT2D eigenvalue weighted by Crippen LogP contribution is 2.45. The summed E-state index contributed by atoms with van der Waals surface area (Å²) in [6, 6.07) is 11.4. The van der Waals surface area contributed by atoms with Crippen molar-refractivity contribution in [1.29, 1.82) is 0 Å². The van der Waals surface area contributed by atoms with Crippen molar-refractivity contribution in [3.63, 3.8) is 0 Å². The summed E-state index contributed by atoms with van der Waals surface area (Å²) in [6.45, 7) is 0.586. The molecule has 2 aromatic carbocycles. The van der Waals surface area contributed by atoms with Crippen LogP contribution in [0.2, 0.25) is 0 Å². The zero-order valence-corrected chi connectivity index (χ0v) is 14.2. The van der Waals surface area contributed by atoms with Gasteiger partial charge in [0.05, 0.1) is 5.41 Å². The van der Waals surface area contributed by atoms with Crippen molar-refractivity contribution in [2.24, 2.45) is 5.41 Å². The second-order valence-corrected chi connectivity index (χ2v) is 7.07. The minimum atomic E-state index is -0.540. The summed E-state index contributed by atoms with van der Waals surface area (Å²) in [4.78, 5) is 26.4. The van der Waals surface area contributed by atoms with Crippen LogP contribution >= 0.6 is 0 Å². The van der Waals surface area contributed by atoms with Crippen molar-refractivity contribution in [2.45, 2.75) is 25.7 Å². The number of hydrogen-bond acceptors (Lipinski definition) is 3. The predicted octanol–water partition coefficient (Wildman–Crippen LogP) is 2.86. The van der Waals surface area contributed by atoms with E-state index in [1.54, 1.807) is 34.6 Å². The average molecular weight is 354 g/mol. The van der Waals surface area contributed by atoms with Crippen LogP contribution in [-0.4, -0.2) is 23.6 Å². The Kier molecular flexibility index (Phi) is 4.00. The van der Waals surface area contributed by atoms with E-state index in [9.17, 15) is 14.0 Å². The lowest BCUT2D eigenvalue weighted by atomic mass is 9.70. The molecule has 2 amide bonds. The number of hydroxylamine groups is 1. The highest BCUT2D eigenvalue weighted by atomic mass is 19.1. The van der Waals surface area contributed by atoms with Crippen LogP contribution in [0, 0.1) is 11.2 Å². The fourth-order valence-corrected chi connectivity index (χ4v) is 4.17. The van der Waals surface area contributed by atoms with E-state index in [1.165, 1.54) is 12.1 Å². The lowest BCUT2D eigenvalue weighted by molar-refractivity contribution is -0.126. The monoisotopic (exact) mass is 354 g/mol. The Morgan fingerprint density at radius 2 is 2.00 bits per heavy atom. The number of amides is 2. The number of anilines is 1. The molecule has 1 heterocycles. The molecule has 1 spiro atoms. The van der Waals surface area contributed by atoms with Gasteiger partial charge in [0.2, 0.25) is 5.91 Å². The summed E-state index contributed by atoms with van der Waals surface area (Å²) >= 11 is 0. The van der Waals surface area contributed by atoms with Crippen LogP contribution in [0.5, 0.6) is 0 Å². The topological polar surface area (TPSA) is 69.6 Å². The van der Waals surface area contributed by atoms with Crippen molar-refractivity contribution in [3.8, 4) is 0 Å². The third kappa shape index (κ3) is 2.66. The van der Waals surface area contributed by atoms with Gasteiger partial charge in [-0.25, -0.2) is 9.87 Å². The van der Waals surface area contributed by atoms with Gasteiger partial charge in [0.1, 0.15) is 5.82 Å². The van der Waals surface area contributed by atoms with Gasteiger partial charge in [-0.3, -0.25) is 14.8 Å². The first-order valence-corrected chi connectivity index (χ1v) is 8.66. The molecule has 0 unspecified atom stereocenters. The molecule has 0 saturated carbocycles. The van der Waals surface area contributed by atoms with E-state index >= 15 is 0 Å². The highest BCUT2D eigenvalue weighted by molar-refractivity contribution is 6.00. The van der Waals surface area contributed by atoms with Crippen LogP contribution in [0.3, 0.4) is 0 Å². The molecule has 1 aliphatic carbocycles. The van der Waals surface area contributed by atoms with E-state index in [0.717, 1.165) is 17.5 Å². The number of hydrogen-bond donors (Lipinski definition) is 2. The Hall–Kier alpha value is -2.73. The van der Waals surface area contributed by atoms with E-state index in [2.05, 4.69) is 0 Å². The van der Waals surface area contributed by atoms with Crippen molar-refractivity contribution in [3.05, 3.63) is 65.0 Å². The SMILES string of the molecule is O=C(NO)c1ccc2c(c1)CC[C@@]1(CCN(c3cccc(F)c3)C1=O)C2. The molecule has 134 valence electrons. The van der Waals surface area contributed by atoms with E-state index in [1.807, 2.05) is 6.07 Å². The normalized spacial score (nSPS) is 21.8. The van der Waals surface area contributed by atoms with Crippen molar-refractivity contribution >= 4 is 17.5 Å². The number of carbonyl (C=O) groups excluding carboxylic acids is 2. The summed E-state index contributed by atoms with van der Waals surface area (Å²) in [5, 5.41) is 8.77. The fourth-order valence-electron chi connectivity index (χ4n) is 4.17. The highest BCUT2D eigenvalue weighted by Gasteiger charge is 2.48. The maximum atomic E-state index is 13.5. The van der Waals surface area contributed by atoms with Gasteiger partial charge in [0.15, 0.2) is 0 Å². The summed E-state index contributed by atoms with van der Waals surface area (Å²) in [5.74, 6) is -0.840. The standard InChI is InChI=1S/C20H19FN2O3/c21-16-2-1-3-17(11-16)23-9-8-20(19(23)25)7-6-13-10-14(18(24)22-26)4-5-15(13)12-20/h1-5,10-11,26H,6-9,12H2,(H,22,24)/t20-/m1/s1. The van der Waals surface area contributed by atoms with E-state index in [4.69, 9.17) is 5.21 Å². The minimum absolute atomic E-state index is 0.0472. The Labute approximate surface area is 150 Å². The van der Waals surface area contributed by atoms with E-state index < -0.39 is 11.3 Å². The first-order chi connectivity index (χ1) is 12.5. The molecule has 0 aromatic heterocycles. The molecule has 1 atom stereocenters. The number of aryl methyl sites for hydroxylation is 1. The average Bonchev–Trinajstić information content (AvgIpc) is 2.96. The molecule has 1 fully saturated rings. The van der Waals surface area contributed by atoms with Crippen LogP contribution in [0.4, 0.5) is 10.1 Å². The van der Waals surface area contributed by atoms with Crippen molar-refractivity contribution in [2.75, 3.05) is 11.4 Å². The van der Waals surface area contributed by atoms with Gasteiger partial charge in [-0.1, -0.05) is 12.1 Å². The maximum absolute atomic E-state index is 13.5. The first kappa shape index (κ1) is 16.7. The molecule has 0 bridgehead atoms. The zero-order chi connectivity index (χ0) is 18.3. The van der Waals surface area contributed by atoms with Gasteiger partial charge in [0.25, 0.3) is 5.91 Å². The molecule has 1 saturated heterocycles. The lowest BCUT2D eigenvalue weighted by Gasteiger charge is -2.33. The third-order valence-electron chi connectivity index (χ3n) is 5.60. The molecule has 2 aliphatic rings. The Morgan fingerprint density at radius 1 is 1.15 bits per heavy atom. The molecule has 26 heavy (non-hydrogen) atoms. The molecule has 2 N–H and O–H groups in total. The third-order valence-corrected chi connectivity index (χ3v) is 5.60. The lowest BCUT2D eigenvalue weighted by Crippen LogP contribution is -2.38. The number of nitrogens with zero attached hydrogens (tertiary/aromatic N) is 1. The van der Waals surface area contributed by atoms with Crippen molar-refractivity contribution in [1.82, 2.24) is 5.48 Å². The largest absolute Gasteiger partial charge is 0.312 e. The van der Waals surface area contributed by atoms with E-state index in [-0.39, 0.29) is 11.7 Å². The minimum Gasteiger partial charge on any atom is -0.312 e. The Bertz CT molecular complexity index is 898. The van der Waals surface area contributed by atoms with Crippen LogP contribution in [0.1, 0.15) is 34.3 Å². The van der Waals surface area contributed by atoms with Gasteiger partial charge < -0.3 is 4.90 Å². The number of nitrogens with one attached hydrogen (secondary N) is 1. The molecule has 1 aliphatic heterocycles. The van der Waals surface area contributed by atoms with Crippen LogP contribution < -0.4 is 10.4 Å². The molecular weight excluding hydrogens is 335 g/mol. The predicted molar refractivity (Wildman–Crippen MR) is 93.5 cm³/mol. The smallest absolute Gasteiger partial charge is 0.274 e. The summed E-state index contributed by atoms with van der Waals surface area (Å²) in [5.41, 5.74) is 4.28. The number of benzene rings is 2. The van der Waals surface area contributed by atoms with Crippen LogP contribution in [-0.2, 0) is 17.6 Å². The quantitative estimate of drug-likeness (QED) is 0.644. The van der Waals surface area contributed by atoms with Gasteiger partial charge in [-0.15, -0.1) is 0 Å². The summed E-state index contributed by atoms with van der Waals surface area (Å²) in [7, 11) is 0. The fraction of sp³-hybridized carbons (Fsp3) is 0.300.